The molecule has 0 aliphatic heterocycles. The van der Waals surface area contributed by atoms with Crippen LogP contribution in [-0.2, 0) is 26.6 Å². The fraction of sp³-hybridized carbons (Fsp3) is 0.519. The van der Waals surface area contributed by atoms with E-state index in [2.05, 4.69) is 5.32 Å². The molecule has 0 heterocycles. The van der Waals surface area contributed by atoms with Crippen molar-refractivity contribution in [3.05, 3.63) is 70.5 Å². The first-order valence-electron chi connectivity index (χ1n) is 12.4. The average Bonchev–Trinajstić information content (AvgIpc) is 3.27. The van der Waals surface area contributed by atoms with Gasteiger partial charge < -0.3 is 14.8 Å². The van der Waals surface area contributed by atoms with Crippen LogP contribution < -0.4 is 5.32 Å². The molecular formula is C27H31F7N2O3. The van der Waals surface area contributed by atoms with Gasteiger partial charge in [-0.2, -0.15) is 26.3 Å². The summed E-state index contributed by atoms with van der Waals surface area (Å²) in [6, 6.07) is 6.82. The number of nitrogens with one attached hydrogen (secondary N) is 1. The fourth-order valence-corrected chi connectivity index (χ4v) is 4.96. The number of methoxy groups -OCH3 is 1. The smallest absolute Gasteiger partial charge is 0.383 e. The quantitative estimate of drug-likeness (QED) is 0.286. The second-order valence-corrected chi connectivity index (χ2v) is 9.64. The van der Waals surface area contributed by atoms with Gasteiger partial charge in [0.15, 0.2) is 0 Å². The van der Waals surface area contributed by atoms with Gasteiger partial charge in [0.05, 0.1) is 36.5 Å². The summed E-state index contributed by atoms with van der Waals surface area (Å²) >= 11 is 0. The summed E-state index contributed by atoms with van der Waals surface area (Å²) in [5.41, 5.74) is -2.41. The third-order valence-electron chi connectivity index (χ3n) is 6.86. The molecule has 0 aromatic heterocycles. The molecule has 2 aromatic carbocycles. The zero-order chi connectivity index (χ0) is 29.0. The summed E-state index contributed by atoms with van der Waals surface area (Å²) in [4.78, 5) is 14.2. The Balaban J connectivity index is 1.87. The van der Waals surface area contributed by atoms with E-state index in [4.69, 9.17) is 9.47 Å². The van der Waals surface area contributed by atoms with E-state index in [1.165, 1.54) is 26.2 Å². The molecule has 12 heteroatoms. The van der Waals surface area contributed by atoms with Crippen molar-refractivity contribution in [1.29, 1.82) is 0 Å². The van der Waals surface area contributed by atoms with Crippen LogP contribution in [0.25, 0.3) is 0 Å². The number of benzene rings is 2. The van der Waals surface area contributed by atoms with Gasteiger partial charge in [0.2, 0.25) is 5.91 Å². The van der Waals surface area contributed by atoms with Crippen molar-refractivity contribution in [2.75, 3.05) is 33.9 Å². The minimum absolute atomic E-state index is 0.0386. The lowest BCUT2D eigenvalue weighted by molar-refractivity contribution is -0.143. The molecule has 1 aliphatic rings. The molecule has 0 saturated heterocycles. The van der Waals surface area contributed by atoms with Crippen molar-refractivity contribution >= 4 is 5.91 Å². The number of nitrogens with zero attached hydrogens (tertiary/aromatic N) is 1. The van der Waals surface area contributed by atoms with Crippen LogP contribution in [0.4, 0.5) is 30.7 Å². The van der Waals surface area contributed by atoms with Gasteiger partial charge in [-0.15, -0.1) is 0 Å². The molecule has 1 aliphatic carbocycles. The number of carbonyl (C=O) groups excluding carboxylic acids is 1. The minimum atomic E-state index is -4.97. The Kier molecular flexibility index (Phi) is 10.0. The maximum atomic E-state index is 13.7. The lowest BCUT2D eigenvalue weighted by Crippen LogP contribution is -2.43. The van der Waals surface area contributed by atoms with Gasteiger partial charge in [-0.05, 0) is 68.3 Å². The maximum absolute atomic E-state index is 13.7. The normalized spacial score (nSPS) is 20.8. The summed E-state index contributed by atoms with van der Waals surface area (Å²) in [7, 11) is 3.25. The standard InChI is InChI=1S/C27H31F7N2O3/c1-16(18-12-19(26(29,30)31)14-20(13-18)27(32,33)34)39-23-9-8-22(25(23)17-4-6-21(28)7-5-17)36(2)15-24(37)35-10-11-38-3/h4-7,12-14,16,22-23,25H,8-11,15H2,1-3H3,(H,35,37)/t16-,22-,23+,25-/m1/s1. The monoisotopic (exact) mass is 564 g/mol. The Labute approximate surface area is 222 Å². The number of hydrogen-bond acceptors (Lipinski definition) is 4. The molecule has 5 nitrogen and oxygen atoms in total. The zero-order valence-corrected chi connectivity index (χ0v) is 21.7. The van der Waals surface area contributed by atoms with Crippen LogP contribution in [0.3, 0.4) is 0 Å². The van der Waals surface area contributed by atoms with Crippen molar-refractivity contribution in [2.24, 2.45) is 0 Å². The first-order valence-corrected chi connectivity index (χ1v) is 12.4. The molecule has 39 heavy (non-hydrogen) atoms. The average molecular weight is 565 g/mol. The van der Waals surface area contributed by atoms with Crippen molar-refractivity contribution in [2.45, 2.75) is 56.3 Å². The number of hydrogen-bond donors (Lipinski definition) is 1. The highest BCUT2D eigenvalue weighted by atomic mass is 19.4. The number of alkyl halides is 6. The third kappa shape index (κ3) is 8.15. The van der Waals surface area contributed by atoms with E-state index in [1.54, 1.807) is 19.2 Å². The lowest BCUT2D eigenvalue weighted by atomic mass is 9.91. The molecule has 1 fully saturated rings. The predicted molar refractivity (Wildman–Crippen MR) is 129 cm³/mol. The van der Waals surface area contributed by atoms with Crippen LogP contribution in [0.2, 0.25) is 0 Å². The van der Waals surface area contributed by atoms with Crippen LogP contribution in [-0.4, -0.2) is 56.8 Å². The molecule has 1 amide bonds. The number of likely N-dealkylation sites (N-methyl/N-ethyl adjacent to an activating group) is 1. The van der Waals surface area contributed by atoms with E-state index in [0.29, 0.717) is 43.7 Å². The van der Waals surface area contributed by atoms with E-state index in [-0.39, 0.29) is 30.1 Å². The zero-order valence-electron chi connectivity index (χ0n) is 21.7. The molecule has 1 saturated carbocycles. The van der Waals surface area contributed by atoms with E-state index in [0.717, 1.165) is 0 Å². The SMILES string of the molecule is COCCNC(=O)CN(C)[C@@H]1CC[C@H](O[C@H](C)c2cc(C(F)(F)F)cc(C(F)(F)F)c2)[C@@H]1c1ccc(F)cc1. The second kappa shape index (κ2) is 12.6. The van der Waals surface area contributed by atoms with Gasteiger partial charge >= 0.3 is 12.4 Å². The van der Waals surface area contributed by atoms with Crippen LogP contribution >= 0.6 is 0 Å². The van der Waals surface area contributed by atoms with E-state index >= 15 is 0 Å². The van der Waals surface area contributed by atoms with Crippen LogP contribution in [0.15, 0.2) is 42.5 Å². The first kappa shape index (κ1) is 30.8. The van der Waals surface area contributed by atoms with Gasteiger partial charge in [-0.25, -0.2) is 4.39 Å². The van der Waals surface area contributed by atoms with Gasteiger partial charge in [0, 0.05) is 25.6 Å². The van der Waals surface area contributed by atoms with Crippen molar-refractivity contribution in [3.8, 4) is 0 Å². The summed E-state index contributed by atoms with van der Waals surface area (Å²) in [5.74, 6) is -1.12. The van der Waals surface area contributed by atoms with Gasteiger partial charge in [0.1, 0.15) is 5.82 Å². The largest absolute Gasteiger partial charge is 0.416 e. The van der Waals surface area contributed by atoms with Crippen molar-refractivity contribution < 1.29 is 45.0 Å². The highest BCUT2D eigenvalue weighted by molar-refractivity contribution is 5.78. The molecule has 4 atom stereocenters. The fourth-order valence-electron chi connectivity index (χ4n) is 4.96. The summed E-state index contributed by atoms with van der Waals surface area (Å²) in [5, 5.41) is 2.73. The Bertz CT molecular complexity index is 1070. The van der Waals surface area contributed by atoms with Crippen molar-refractivity contribution in [1.82, 2.24) is 10.2 Å². The lowest BCUT2D eigenvalue weighted by Gasteiger charge is -2.33. The number of rotatable bonds is 10. The van der Waals surface area contributed by atoms with E-state index in [9.17, 15) is 35.5 Å². The highest BCUT2D eigenvalue weighted by Gasteiger charge is 2.42. The predicted octanol–water partition coefficient (Wildman–Crippen LogP) is 5.95. The number of amides is 1. The van der Waals surface area contributed by atoms with Crippen LogP contribution in [0, 0.1) is 5.82 Å². The number of ether oxygens (including phenoxy) is 2. The maximum Gasteiger partial charge on any atom is 0.416 e. The molecule has 216 valence electrons. The summed E-state index contributed by atoms with van der Waals surface area (Å²) < 4.78 is 105. The Morgan fingerprint density at radius 3 is 2.15 bits per heavy atom. The third-order valence-corrected chi connectivity index (χ3v) is 6.86. The number of halogens is 7. The molecule has 0 bridgehead atoms. The second-order valence-electron chi connectivity index (χ2n) is 9.64. The molecular weight excluding hydrogens is 533 g/mol. The summed E-state index contributed by atoms with van der Waals surface area (Å²) in [6.07, 6.45) is -10.7. The van der Waals surface area contributed by atoms with Crippen LogP contribution in [0.1, 0.15) is 54.0 Å². The molecule has 3 rings (SSSR count). The number of carbonyl (C=O) groups is 1. The molecule has 0 unspecified atom stereocenters. The van der Waals surface area contributed by atoms with E-state index < -0.39 is 47.4 Å². The highest BCUT2D eigenvalue weighted by Crippen LogP contribution is 2.43. The Morgan fingerprint density at radius 2 is 1.62 bits per heavy atom. The minimum Gasteiger partial charge on any atom is -0.383 e. The van der Waals surface area contributed by atoms with Crippen LogP contribution in [0.5, 0.6) is 0 Å². The van der Waals surface area contributed by atoms with Gasteiger partial charge in [-0.3, -0.25) is 9.69 Å². The van der Waals surface area contributed by atoms with Gasteiger partial charge in [0.25, 0.3) is 0 Å². The molecule has 2 aromatic rings. The topological polar surface area (TPSA) is 50.8 Å². The first-order chi connectivity index (χ1) is 18.2. The van der Waals surface area contributed by atoms with Crippen molar-refractivity contribution in [3.63, 3.8) is 0 Å². The molecule has 0 radical (unpaired) electrons. The Hall–Kier alpha value is -2.70. The van der Waals surface area contributed by atoms with Gasteiger partial charge in [-0.1, -0.05) is 12.1 Å². The molecule has 1 N–H and O–H groups in total. The Morgan fingerprint density at radius 1 is 1.03 bits per heavy atom. The van der Waals surface area contributed by atoms with E-state index in [1.807, 2.05) is 4.90 Å². The molecule has 0 spiro atoms. The summed E-state index contributed by atoms with van der Waals surface area (Å²) in [6.45, 7) is 2.11.